The van der Waals surface area contributed by atoms with Crippen LogP contribution >= 0.6 is 11.6 Å². The number of hydrogen-bond acceptors (Lipinski definition) is 3. The lowest BCUT2D eigenvalue weighted by molar-refractivity contribution is 0.426. The molecule has 0 amide bonds. The minimum Gasteiger partial charge on any atom is -0.354 e. The Labute approximate surface area is 142 Å². The number of nitrogens with zero attached hydrogens (tertiary/aromatic N) is 3. The molecule has 0 fully saturated rings. The van der Waals surface area contributed by atoms with Gasteiger partial charge in [0.15, 0.2) is 0 Å². The van der Waals surface area contributed by atoms with E-state index in [1.165, 1.54) is 12.1 Å². The SMILES string of the molecule is CCN/C(=N\S(=O)(=O)c1cccc(Cl)c1)N1CC(CC)C(C)=N1. The second kappa shape index (κ2) is 7.31. The van der Waals surface area contributed by atoms with Gasteiger partial charge in [0.1, 0.15) is 0 Å². The van der Waals surface area contributed by atoms with Crippen molar-refractivity contribution in [3.63, 3.8) is 0 Å². The molecule has 1 atom stereocenters. The maximum atomic E-state index is 12.5. The van der Waals surface area contributed by atoms with Gasteiger partial charge in [-0.2, -0.15) is 13.5 Å². The van der Waals surface area contributed by atoms with Gasteiger partial charge in [-0.05, 0) is 38.5 Å². The van der Waals surface area contributed by atoms with Gasteiger partial charge < -0.3 is 5.32 Å². The van der Waals surface area contributed by atoms with E-state index in [2.05, 4.69) is 21.7 Å². The standard InChI is InChI=1S/C15H21ClN4O2S/c1-4-12-10-20(18-11(12)3)15(17-5-2)19-23(21,22)14-8-6-7-13(16)9-14/h6-9,12H,4-5,10H2,1-3H3,(H,17,19). The van der Waals surface area contributed by atoms with E-state index in [1.807, 2.05) is 13.8 Å². The molecule has 2 rings (SSSR count). The molecule has 0 radical (unpaired) electrons. The van der Waals surface area contributed by atoms with Crippen molar-refractivity contribution in [2.24, 2.45) is 15.4 Å². The number of nitrogens with one attached hydrogen (secondary N) is 1. The second-order valence-corrected chi connectivity index (χ2v) is 7.35. The molecule has 1 aromatic rings. The molecule has 0 bridgehead atoms. The highest BCUT2D eigenvalue weighted by molar-refractivity contribution is 7.90. The molecular formula is C15H21ClN4O2S. The van der Waals surface area contributed by atoms with Gasteiger partial charge >= 0.3 is 0 Å². The first kappa shape index (κ1) is 17.7. The molecule has 0 saturated carbocycles. The van der Waals surface area contributed by atoms with Gasteiger partial charge in [-0.25, -0.2) is 5.01 Å². The molecule has 1 aliphatic rings. The smallest absolute Gasteiger partial charge is 0.285 e. The Morgan fingerprint density at radius 3 is 2.78 bits per heavy atom. The predicted octanol–water partition coefficient (Wildman–Crippen LogP) is 2.71. The van der Waals surface area contributed by atoms with Crippen LogP contribution in [0.25, 0.3) is 0 Å². The van der Waals surface area contributed by atoms with E-state index in [4.69, 9.17) is 11.6 Å². The predicted molar refractivity (Wildman–Crippen MR) is 93.3 cm³/mol. The van der Waals surface area contributed by atoms with Crippen molar-refractivity contribution in [1.29, 1.82) is 0 Å². The summed E-state index contributed by atoms with van der Waals surface area (Å²) in [7, 11) is -3.85. The molecule has 1 N–H and O–H groups in total. The van der Waals surface area contributed by atoms with Crippen LogP contribution < -0.4 is 5.32 Å². The number of halogens is 1. The van der Waals surface area contributed by atoms with Gasteiger partial charge in [0, 0.05) is 23.2 Å². The summed E-state index contributed by atoms with van der Waals surface area (Å²) in [6.45, 7) is 7.08. The lowest BCUT2D eigenvalue weighted by Crippen LogP contribution is -2.38. The monoisotopic (exact) mass is 356 g/mol. The molecule has 23 heavy (non-hydrogen) atoms. The minimum atomic E-state index is -3.85. The molecule has 6 nitrogen and oxygen atoms in total. The fraction of sp³-hybridized carbons (Fsp3) is 0.467. The lowest BCUT2D eigenvalue weighted by atomic mass is 10.0. The molecule has 126 valence electrons. The zero-order valence-corrected chi connectivity index (χ0v) is 15.0. The normalized spacial score (nSPS) is 19.0. The first-order valence-electron chi connectivity index (χ1n) is 7.54. The quantitative estimate of drug-likeness (QED) is 0.665. The highest BCUT2D eigenvalue weighted by Crippen LogP contribution is 2.20. The maximum absolute atomic E-state index is 12.5. The van der Waals surface area contributed by atoms with Gasteiger partial charge in [0.05, 0.1) is 11.4 Å². The second-order valence-electron chi connectivity index (χ2n) is 5.31. The van der Waals surface area contributed by atoms with Gasteiger partial charge in [0.25, 0.3) is 10.0 Å². The molecule has 8 heteroatoms. The Hall–Kier alpha value is -1.60. The maximum Gasteiger partial charge on any atom is 0.285 e. The summed E-state index contributed by atoms with van der Waals surface area (Å²) in [5.41, 5.74) is 0.984. The van der Waals surface area contributed by atoms with Gasteiger partial charge in [-0.1, -0.05) is 24.6 Å². The topological polar surface area (TPSA) is 74.1 Å². The zero-order chi connectivity index (χ0) is 17.0. The van der Waals surface area contributed by atoms with Gasteiger partial charge in [-0.15, -0.1) is 4.40 Å². The van der Waals surface area contributed by atoms with Crippen molar-refractivity contribution in [1.82, 2.24) is 10.3 Å². The third-order valence-electron chi connectivity index (χ3n) is 3.64. The average molecular weight is 357 g/mol. The summed E-state index contributed by atoms with van der Waals surface area (Å²) in [4.78, 5) is 0.0624. The Bertz CT molecular complexity index is 731. The molecule has 0 aliphatic carbocycles. The van der Waals surface area contributed by atoms with E-state index >= 15 is 0 Å². The van der Waals surface area contributed by atoms with Crippen LogP contribution in [-0.2, 0) is 10.0 Å². The van der Waals surface area contributed by atoms with E-state index in [0.717, 1.165) is 12.1 Å². The Morgan fingerprint density at radius 2 is 2.22 bits per heavy atom. The highest BCUT2D eigenvalue weighted by Gasteiger charge is 2.26. The summed E-state index contributed by atoms with van der Waals surface area (Å²) in [5, 5.41) is 9.38. The van der Waals surface area contributed by atoms with Crippen LogP contribution in [0.15, 0.2) is 38.7 Å². The average Bonchev–Trinajstić information content (AvgIpc) is 2.88. The molecule has 1 aliphatic heterocycles. The van der Waals surface area contributed by atoms with E-state index in [0.29, 0.717) is 24.0 Å². The number of rotatable bonds is 4. The number of hydrogen-bond donors (Lipinski definition) is 1. The largest absolute Gasteiger partial charge is 0.354 e. The van der Waals surface area contributed by atoms with E-state index in [9.17, 15) is 8.42 Å². The first-order valence-corrected chi connectivity index (χ1v) is 9.36. The van der Waals surface area contributed by atoms with Crippen LogP contribution in [0.1, 0.15) is 27.2 Å². The fourth-order valence-electron chi connectivity index (χ4n) is 2.33. The van der Waals surface area contributed by atoms with E-state index in [1.54, 1.807) is 17.1 Å². The van der Waals surface area contributed by atoms with Crippen molar-refractivity contribution in [3.05, 3.63) is 29.3 Å². The van der Waals surface area contributed by atoms with E-state index < -0.39 is 10.0 Å². The Balaban J connectivity index is 2.35. The molecule has 0 spiro atoms. The molecule has 0 aromatic heterocycles. The van der Waals surface area contributed by atoms with Crippen LogP contribution in [0.5, 0.6) is 0 Å². The molecule has 1 heterocycles. The lowest BCUT2D eigenvalue weighted by Gasteiger charge is -2.18. The van der Waals surface area contributed by atoms with Crippen molar-refractivity contribution in [2.45, 2.75) is 32.1 Å². The minimum absolute atomic E-state index is 0.0624. The summed E-state index contributed by atoms with van der Waals surface area (Å²) in [5.74, 6) is 0.551. The van der Waals surface area contributed by atoms with Crippen LogP contribution in [0, 0.1) is 5.92 Å². The molecule has 1 aromatic carbocycles. The van der Waals surface area contributed by atoms with Crippen molar-refractivity contribution < 1.29 is 8.42 Å². The summed E-state index contributed by atoms with van der Waals surface area (Å²) in [6, 6.07) is 6.07. The van der Waals surface area contributed by atoms with Crippen LogP contribution in [0.2, 0.25) is 5.02 Å². The molecular weight excluding hydrogens is 336 g/mol. The number of hydrazone groups is 1. The summed E-state index contributed by atoms with van der Waals surface area (Å²) >= 11 is 5.87. The van der Waals surface area contributed by atoms with Crippen molar-refractivity contribution in [3.8, 4) is 0 Å². The van der Waals surface area contributed by atoms with Crippen LogP contribution in [0.3, 0.4) is 0 Å². The van der Waals surface area contributed by atoms with Crippen molar-refractivity contribution >= 4 is 33.3 Å². The Kier molecular flexibility index (Phi) is 5.64. The first-order chi connectivity index (χ1) is 10.9. The number of sulfonamides is 1. The third kappa shape index (κ3) is 4.23. The van der Waals surface area contributed by atoms with Crippen LogP contribution in [-0.4, -0.2) is 38.2 Å². The number of benzene rings is 1. The number of guanidine groups is 1. The van der Waals surface area contributed by atoms with Crippen molar-refractivity contribution in [2.75, 3.05) is 13.1 Å². The fourth-order valence-corrected chi connectivity index (χ4v) is 3.61. The van der Waals surface area contributed by atoms with Crippen LogP contribution in [0.4, 0.5) is 0 Å². The third-order valence-corrected chi connectivity index (χ3v) is 5.13. The molecule has 0 saturated heterocycles. The molecule has 1 unspecified atom stereocenters. The van der Waals surface area contributed by atoms with Gasteiger partial charge in [0.2, 0.25) is 5.96 Å². The summed E-state index contributed by atoms with van der Waals surface area (Å²) < 4.78 is 28.9. The van der Waals surface area contributed by atoms with E-state index in [-0.39, 0.29) is 10.9 Å². The summed E-state index contributed by atoms with van der Waals surface area (Å²) in [6.07, 6.45) is 0.951. The van der Waals surface area contributed by atoms with Gasteiger partial charge in [-0.3, -0.25) is 0 Å². The highest BCUT2D eigenvalue weighted by atomic mass is 35.5. The zero-order valence-electron chi connectivity index (χ0n) is 13.5. The Morgan fingerprint density at radius 1 is 1.48 bits per heavy atom.